The molecule has 210 valence electrons. The molecule has 0 spiro atoms. The van der Waals surface area contributed by atoms with Crippen LogP contribution in [0.15, 0.2) is 73.1 Å². The summed E-state index contributed by atoms with van der Waals surface area (Å²) in [4.78, 5) is 31.6. The van der Waals surface area contributed by atoms with E-state index in [9.17, 15) is 32.3 Å². The van der Waals surface area contributed by atoms with E-state index in [0.717, 1.165) is 6.07 Å². The third-order valence-electron chi connectivity index (χ3n) is 7.76. The van der Waals surface area contributed by atoms with Crippen LogP contribution in [-0.2, 0) is 10.4 Å². The van der Waals surface area contributed by atoms with Crippen LogP contribution < -0.4 is 10.2 Å². The molecule has 5 rings (SSSR count). The summed E-state index contributed by atoms with van der Waals surface area (Å²) in [7, 11) is 0. The maximum atomic E-state index is 14.2. The number of amides is 2. The number of anilines is 1. The van der Waals surface area contributed by atoms with E-state index in [1.165, 1.54) is 47.6 Å². The Morgan fingerprint density at radius 3 is 2.58 bits per heavy atom. The van der Waals surface area contributed by atoms with Gasteiger partial charge in [0, 0.05) is 47.4 Å². The summed E-state index contributed by atoms with van der Waals surface area (Å²) in [6, 6.07) is 13.6. The minimum atomic E-state index is -2.80. The minimum Gasteiger partial charge on any atom is -0.372 e. The van der Waals surface area contributed by atoms with E-state index in [2.05, 4.69) is 10.3 Å². The molecular weight excluding hydrogens is 550 g/mol. The van der Waals surface area contributed by atoms with E-state index in [-0.39, 0.29) is 41.6 Å². The van der Waals surface area contributed by atoms with Gasteiger partial charge in [0.15, 0.2) is 5.60 Å². The van der Waals surface area contributed by atoms with Crippen LogP contribution in [0.4, 0.5) is 23.2 Å². The van der Waals surface area contributed by atoms with Crippen LogP contribution in [0.5, 0.6) is 0 Å². The third-order valence-corrected chi connectivity index (χ3v) is 8.29. The van der Waals surface area contributed by atoms with Crippen molar-refractivity contribution in [3.8, 4) is 0 Å². The van der Waals surface area contributed by atoms with Gasteiger partial charge in [-0.05, 0) is 48.6 Å². The van der Waals surface area contributed by atoms with Gasteiger partial charge in [0.25, 0.3) is 18.2 Å². The Morgan fingerprint density at radius 1 is 1.10 bits per heavy atom. The lowest BCUT2D eigenvalue weighted by Gasteiger charge is -2.40. The van der Waals surface area contributed by atoms with E-state index in [0.29, 0.717) is 5.69 Å². The van der Waals surface area contributed by atoms with Gasteiger partial charge < -0.3 is 15.3 Å². The van der Waals surface area contributed by atoms with Crippen molar-refractivity contribution >= 4 is 29.1 Å². The molecule has 2 aromatic carbocycles. The van der Waals surface area contributed by atoms with Gasteiger partial charge in [0.1, 0.15) is 0 Å². The second kappa shape index (κ2) is 11.2. The Morgan fingerprint density at radius 2 is 1.88 bits per heavy atom. The van der Waals surface area contributed by atoms with Crippen molar-refractivity contribution in [2.75, 3.05) is 11.4 Å². The van der Waals surface area contributed by atoms with Crippen LogP contribution >= 0.6 is 11.6 Å². The minimum absolute atomic E-state index is 0.0139. The maximum Gasteiger partial charge on any atom is 0.268 e. The summed E-state index contributed by atoms with van der Waals surface area (Å²) in [5.74, 6) is -3.13. The summed E-state index contributed by atoms with van der Waals surface area (Å²) in [6.45, 7) is -0.0760. The molecule has 2 N–H and O–H groups in total. The first-order chi connectivity index (χ1) is 19.1. The molecule has 6 nitrogen and oxygen atoms in total. The number of halogens is 5. The van der Waals surface area contributed by atoms with Gasteiger partial charge in [-0.25, -0.2) is 17.6 Å². The topological polar surface area (TPSA) is 82.5 Å². The van der Waals surface area contributed by atoms with Gasteiger partial charge in [-0.3, -0.25) is 14.6 Å². The highest BCUT2D eigenvalue weighted by atomic mass is 35.5. The predicted molar refractivity (Wildman–Crippen MR) is 141 cm³/mol. The number of alkyl halides is 5. The van der Waals surface area contributed by atoms with E-state index < -0.39 is 53.5 Å². The van der Waals surface area contributed by atoms with E-state index in [4.69, 9.17) is 11.6 Å². The number of carbonyl (C=O) groups is 2. The van der Waals surface area contributed by atoms with Crippen molar-refractivity contribution < 1.29 is 32.3 Å². The molecule has 2 aliphatic rings. The van der Waals surface area contributed by atoms with Crippen LogP contribution in [0.2, 0.25) is 0 Å². The fraction of sp³-hybridized carbons (Fsp3) is 0.345. The third kappa shape index (κ3) is 5.06. The van der Waals surface area contributed by atoms with Crippen LogP contribution in [0, 0.1) is 11.8 Å². The Bertz CT molecular complexity index is 1400. The second-order valence-corrected chi connectivity index (χ2v) is 10.7. The van der Waals surface area contributed by atoms with Crippen molar-refractivity contribution in [3.63, 3.8) is 0 Å². The first-order valence-electron chi connectivity index (χ1n) is 12.8. The fourth-order valence-electron chi connectivity index (χ4n) is 5.68. The molecule has 1 aliphatic carbocycles. The number of nitrogens with zero attached hydrogens (tertiary/aromatic N) is 2. The number of hydrogen-bond donors (Lipinski definition) is 2. The van der Waals surface area contributed by atoms with Crippen molar-refractivity contribution in [2.24, 2.45) is 11.8 Å². The van der Waals surface area contributed by atoms with Gasteiger partial charge in [0.2, 0.25) is 6.43 Å². The van der Waals surface area contributed by atoms with Gasteiger partial charge in [-0.15, -0.1) is 11.6 Å². The number of hydrogen-bond acceptors (Lipinski definition) is 4. The predicted octanol–water partition coefficient (Wildman–Crippen LogP) is 5.30. The molecule has 0 radical (unpaired) electrons. The molecule has 1 fully saturated rings. The van der Waals surface area contributed by atoms with E-state index in [1.807, 2.05) is 0 Å². The molecule has 5 atom stereocenters. The quantitative estimate of drug-likeness (QED) is 0.296. The molecule has 2 amide bonds. The van der Waals surface area contributed by atoms with Crippen molar-refractivity contribution in [1.82, 2.24) is 10.3 Å². The average Bonchev–Trinajstić information content (AvgIpc) is 3.17. The zero-order valence-corrected chi connectivity index (χ0v) is 21.8. The fourth-order valence-corrected chi connectivity index (χ4v) is 6.06. The molecule has 0 bridgehead atoms. The molecule has 0 unspecified atom stereocenters. The SMILES string of the molecule is O=C(N[C@@H]1C[C@@H](Cl)[C@@H](CN2C(=O)[C@@](O)(c3cccc(C(F)F)c3)c3ccccc32)C[C@H]1C(F)F)c1cccnc1. The lowest BCUT2D eigenvalue weighted by atomic mass is 9.77. The largest absolute Gasteiger partial charge is 0.372 e. The highest BCUT2D eigenvalue weighted by Crippen LogP contribution is 2.46. The molecule has 3 aromatic rings. The monoisotopic (exact) mass is 575 g/mol. The number of nitrogens with one attached hydrogen (secondary N) is 1. The lowest BCUT2D eigenvalue weighted by Crippen LogP contribution is -2.52. The molecular formula is C29H26ClF4N3O3. The van der Waals surface area contributed by atoms with Gasteiger partial charge >= 0.3 is 0 Å². The van der Waals surface area contributed by atoms with Gasteiger partial charge in [0.05, 0.1) is 11.3 Å². The summed E-state index contributed by atoms with van der Waals surface area (Å²) >= 11 is 6.68. The maximum absolute atomic E-state index is 14.2. The number of pyridine rings is 1. The van der Waals surface area contributed by atoms with Gasteiger partial charge in [-0.2, -0.15) is 0 Å². The molecule has 2 heterocycles. The summed E-state index contributed by atoms with van der Waals surface area (Å²) in [6.07, 6.45) is -2.78. The highest BCUT2D eigenvalue weighted by molar-refractivity contribution is 6.21. The first-order valence-corrected chi connectivity index (χ1v) is 13.2. The Labute approximate surface area is 233 Å². The molecule has 1 aliphatic heterocycles. The van der Waals surface area contributed by atoms with Crippen molar-refractivity contribution in [2.45, 2.75) is 42.7 Å². The molecule has 0 saturated heterocycles. The average molecular weight is 576 g/mol. The van der Waals surface area contributed by atoms with E-state index in [1.54, 1.807) is 24.3 Å². The number of aliphatic hydroxyl groups is 1. The van der Waals surface area contributed by atoms with E-state index >= 15 is 0 Å². The van der Waals surface area contributed by atoms with Crippen LogP contribution in [0.25, 0.3) is 0 Å². The smallest absolute Gasteiger partial charge is 0.268 e. The Hall–Kier alpha value is -3.50. The highest BCUT2D eigenvalue weighted by Gasteiger charge is 2.52. The number of rotatable bonds is 7. The molecule has 11 heteroatoms. The van der Waals surface area contributed by atoms with Gasteiger partial charge in [-0.1, -0.05) is 36.4 Å². The second-order valence-electron chi connectivity index (χ2n) is 10.1. The Kier molecular flexibility index (Phi) is 7.83. The van der Waals surface area contributed by atoms with Crippen LogP contribution in [0.1, 0.15) is 46.3 Å². The van der Waals surface area contributed by atoms with Crippen LogP contribution in [-0.4, -0.2) is 46.3 Å². The standard InChI is InChI=1S/C29H26ClF4N3O3/c30-22-13-23(36-27(38)17-6-4-10-35-14-17)20(26(33)34)12-18(22)15-37-24-9-2-1-8-21(24)29(40,28(37)39)19-7-3-5-16(11-19)25(31)32/h1-11,14,18,20,22-23,25-26,40H,12-13,15H2,(H,36,38)/t18-,20-,22-,23-,29-/m1/s1. The summed E-state index contributed by atoms with van der Waals surface area (Å²) in [5, 5.41) is 13.7. The Balaban J connectivity index is 1.40. The molecule has 1 aromatic heterocycles. The summed E-state index contributed by atoms with van der Waals surface area (Å²) in [5.41, 5.74) is -1.80. The normalized spacial score (nSPS) is 26.3. The van der Waals surface area contributed by atoms with Crippen molar-refractivity contribution in [3.05, 3.63) is 95.3 Å². The number of carbonyl (C=O) groups excluding carboxylic acids is 2. The number of para-hydroxylation sites is 1. The van der Waals surface area contributed by atoms with Crippen molar-refractivity contribution in [1.29, 1.82) is 0 Å². The zero-order valence-electron chi connectivity index (χ0n) is 21.1. The first kappa shape index (κ1) is 28.0. The summed E-state index contributed by atoms with van der Waals surface area (Å²) < 4.78 is 55.2. The number of fused-ring (bicyclic) bond motifs is 1. The molecule has 40 heavy (non-hydrogen) atoms. The zero-order chi connectivity index (χ0) is 28.6. The number of aromatic nitrogens is 1. The van der Waals surface area contributed by atoms with Crippen LogP contribution in [0.3, 0.4) is 0 Å². The molecule has 1 saturated carbocycles. The lowest BCUT2D eigenvalue weighted by molar-refractivity contribution is -0.132. The number of benzene rings is 2.